The summed E-state index contributed by atoms with van der Waals surface area (Å²) in [4.78, 5) is 11.6. The van der Waals surface area contributed by atoms with Gasteiger partial charge in [0.2, 0.25) is 0 Å². The van der Waals surface area contributed by atoms with E-state index in [9.17, 15) is 15.0 Å². The zero-order valence-electron chi connectivity index (χ0n) is 16.2. The number of hydrogen-bond donors (Lipinski definition) is 2. The minimum Gasteiger partial charge on any atom is -0.507 e. The number of hydrogen-bond acceptors (Lipinski definition) is 3. The van der Waals surface area contributed by atoms with E-state index in [-0.39, 0.29) is 17.1 Å². The predicted octanol–water partition coefficient (Wildman–Crippen LogP) is 5.43. The van der Waals surface area contributed by atoms with Gasteiger partial charge in [0.25, 0.3) is 0 Å². The molecule has 0 spiro atoms. The molecule has 2 N–H and O–H groups in total. The molecule has 3 nitrogen and oxygen atoms in total. The zero-order chi connectivity index (χ0) is 20.1. The van der Waals surface area contributed by atoms with Gasteiger partial charge < -0.3 is 10.2 Å². The number of aromatic hydroxyl groups is 2. The lowest BCUT2D eigenvalue weighted by Gasteiger charge is -2.23. The first-order chi connectivity index (χ1) is 13.3. The minimum absolute atomic E-state index is 0.0955. The monoisotopic (exact) mass is 386 g/mol. The molecule has 28 heavy (non-hydrogen) atoms. The fourth-order valence-corrected chi connectivity index (χ4v) is 5.29. The number of phenols is 2. The molecule has 0 saturated carbocycles. The quantitative estimate of drug-likeness (QED) is 0.365. The third-order valence-electron chi connectivity index (χ3n) is 5.26. The summed E-state index contributed by atoms with van der Waals surface area (Å²) in [5, 5.41) is 26.8. The van der Waals surface area contributed by atoms with Crippen molar-refractivity contribution in [3.05, 3.63) is 66.2 Å². The molecular weight excluding hydrogens is 364 g/mol. The van der Waals surface area contributed by atoms with Crippen molar-refractivity contribution in [2.75, 3.05) is 0 Å². The van der Waals surface area contributed by atoms with Crippen molar-refractivity contribution in [1.82, 2.24) is 0 Å². The van der Waals surface area contributed by atoms with E-state index in [0.29, 0.717) is 17.4 Å². The predicted molar refractivity (Wildman–Crippen MR) is 119 cm³/mol. The molecule has 0 atom stereocenters. The molecule has 0 aliphatic heterocycles. The number of carbonyl (C=O) groups is 1. The van der Waals surface area contributed by atoms with Crippen LogP contribution >= 0.6 is 0 Å². The van der Waals surface area contributed by atoms with E-state index < -0.39 is 8.07 Å². The van der Waals surface area contributed by atoms with E-state index in [4.69, 9.17) is 0 Å². The number of benzene rings is 4. The maximum atomic E-state index is 11.6. The van der Waals surface area contributed by atoms with Crippen molar-refractivity contribution in [3.8, 4) is 22.6 Å². The molecular formula is C24H22O3Si. The summed E-state index contributed by atoms with van der Waals surface area (Å²) in [5.74, 6) is 0.100. The molecule has 0 fully saturated rings. The van der Waals surface area contributed by atoms with Crippen LogP contribution in [-0.2, 0) is 0 Å². The van der Waals surface area contributed by atoms with E-state index in [1.807, 2.05) is 48.5 Å². The van der Waals surface area contributed by atoms with Gasteiger partial charge in [-0.05, 0) is 32.8 Å². The summed E-state index contributed by atoms with van der Waals surface area (Å²) < 4.78 is 0. The smallest absolute Gasteiger partial charge is 0.153 e. The second kappa shape index (κ2) is 6.50. The van der Waals surface area contributed by atoms with Crippen molar-refractivity contribution >= 4 is 41.1 Å². The van der Waals surface area contributed by atoms with Crippen molar-refractivity contribution in [3.63, 3.8) is 0 Å². The Balaban J connectivity index is 2.27. The van der Waals surface area contributed by atoms with Gasteiger partial charge in [0.15, 0.2) is 6.29 Å². The molecule has 0 heterocycles. The Kier molecular flexibility index (Phi) is 4.24. The molecule has 4 aromatic carbocycles. The summed E-state index contributed by atoms with van der Waals surface area (Å²) in [7, 11) is -1.87. The Morgan fingerprint density at radius 3 is 1.79 bits per heavy atom. The van der Waals surface area contributed by atoms with E-state index in [2.05, 4.69) is 25.7 Å². The fourth-order valence-electron chi connectivity index (χ4n) is 3.86. The molecule has 0 unspecified atom stereocenters. The van der Waals surface area contributed by atoms with Crippen molar-refractivity contribution < 1.29 is 15.0 Å². The molecule has 0 aliphatic rings. The third-order valence-corrected chi connectivity index (χ3v) is 7.26. The van der Waals surface area contributed by atoms with Gasteiger partial charge in [-0.1, -0.05) is 74.2 Å². The Hall–Kier alpha value is -3.11. The van der Waals surface area contributed by atoms with Crippen LogP contribution in [0.3, 0.4) is 0 Å². The van der Waals surface area contributed by atoms with Crippen LogP contribution in [-0.4, -0.2) is 24.6 Å². The van der Waals surface area contributed by atoms with Crippen molar-refractivity contribution in [2.45, 2.75) is 19.6 Å². The second-order valence-corrected chi connectivity index (χ2v) is 13.2. The van der Waals surface area contributed by atoms with E-state index in [1.54, 1.807) is 6.07 Å². The number of rotatable bonds is 3. The Morgan fingerprint density at radius 2 is 1.25 bits per heavy atom. The van der Waals surface area contributed by atoms with E-state index in [0.717, 1.165) is 26.7 Å². The molecule has 4 heteroatoms. The van der Waals surface area contributed by atoms with E-state index in [1.165, 1.54) is 0 Å². The molecule has 0 aliphatic carbocycles. The highest BCUT2D eigenvalue weighted by Crippen LogP contribution is 2.45. The maximum absolute atomic E-state index is 11.6. The lowest BCUT2D eigenvalue weighted by atomic mass is 9.90. The van der Waals surface area contributed by atoms with Gasteiger partial charge in [-0.3, -0.25) is 4.79 Å². The lowest BCUT2D eigenvalue weighted by Crippen LogP contribution is -2.37. The Morgan fingerprint density at radius 1 is 0.750 bits per heavy atom. The van der Waals surface area contributed by atoms with Gasteiger partial charge in [-0.25, -0.2) is 0 Å². The van der Waals surface area contributed by atoms with Crippen LogP contribution in [0, 0.1) is 0 Å². The number of phenolic OH excluding ortho intramolecular Hbond substituents is 2. The van der Waals surface area contributed by atoms with Crippen LogP contribution in [0.4, 0.5) is 0 Å². The van der Waals surface area contributed by atoms with Crippen LogP contribution < -0.4 is 5.19 Å². The lowest BCUT2D eigenvalue weighted by molar-refractivity contribution is 0.112. The van der Waals surface area contributed by atoms with Gasteiger partial charge in [0.1, 0.15) is 11.5 Å². The number of aldehydes is 1. The first-order valence-corrected chi connectivity index (χ1v) is 12.8. The first-order valence-electron chi connectivity index (χ1n) is 9.28. The fraction of sp³-hybridized carbons (Fsp3) is 0.125. The molecule has 0 saturated heterocycles. The van der Waals surface area contributed by atoms with Gasteiger partial charge in [0, 0.05) is 11.1 Å². The van der Waals surface area contributed by atoms with Gasteiger partial charge in [0.05, 0.1) is 13.6 Å². The average Bonchev–Trinajstić information content (AvgIpc) is 2.67. The standard InChI is InChI=1S/C24H22O3Si/c1-28(2,3)20-13-16-9-5-7-11-19(16)22(24(20)27)21-18-10-6-4-8-15(18)12-17(14-25)23(21)26/h4-14,26-27H,1-3H3. The first kappa shape index (κ1) is 18.3. The van der Waals surface area contributed by atoms with Gasteiger partial charge >= 0.3 is 0 Å². The average molecular weight is 387 g/mol. The summed E-state index contributed by atoms with van der Waals surface area (Å²) >= 11 is 0. The Labute approximate surface area is 164 Å². The van der Waals surface area contributed by atoms with Crippen LogP contribution in [0.2, 0.25) is 19.6 Å². The molecule has 0 aromatic heterocycles. The van der Waals surface area contributed by atoms with Crippen LogP contribution in [0.25, 0.3) is 32.7 Å². The summed E-state index contributed by atoms with van der Waals surface area (Å²) in [6.45, 7) is 6.54. The molecule has 140 valence electrons. The minimum atomic E-state index is -1.87. The largest absolute Gasteiger partial charge is 0.507 e. The van der Waals surface area contributed by atoms with E-state index >= 15 is 0 Å². The summed E-state index contributed by atoms with van der Waals surface area (Å²) in [6, 6.07) is 19.2. The second-order valence-electron chi connectivity index (χ2n) is 8.15. The molecule has 0 amide bonds. The highest BCUT2D eigenvalue weighted by molar-refractivity contribution is 6.89. The number of carbonyl (C=O) groups excluding carboxylic acids is 1. The van der Waals surface area contributed by atoms with Crippen molar-refractivity contribution in [2.24, 2.45) is 0 Å². The molecule has 4 rings (SSSR count). The molecule has 0 bridgehead atoms. The number of fused-ring (bicyclic) bond motifs is 2. The highest BCUT2D eigenvalue weighted by atomic mass is 28.3. The highest BCUT2D eigenvalue weighted by Gasteiger charge is 2.27. The van der Waals surface area contributed by atoms with Gasteiger partial charge in [-0.15, -0.1) is 0 Å². The maximum Gasteiger partial charge on any atom is 0.153 e. The summed E-state index contributed by atoms with van der Waals surface area (Å²) in [5.41, 5.74) is 1.32. The molecule has 0 radical (unpaired) electrons. The van der Waals surface area contributed by atoms with Crippen LogP contribution in [0.15, 0.2) is 60.7 Å². The summed E-state index contributed by atoms with van der Waals surface area (Å²) in [6.07, 6.45) is 0.660. The van der Waals surface area contributed by atoms with Crippen LogP contribution in [0.1, 0.15) is 10.4 Å². The van der Waals surface area contributed by atoms with Gasteiger partial charge in [-0.2, -0.15) is 0 Å². The third kappa shape index (κ3) is 2.77. The SMILES string of the molecule is C[Si](C)(C)c1cc2ccccc2c(-c2c(O)c(C=O)cc3ccccc23)c1O. The topological polar surface area (TPSA) is 57.5 Å². The zero-order valence-corrected chi connectivity index (χ0v) is 17.2. The normalized spacial score (nSPS) is 11.8. The van der Waals surface area contributed by atoms with Crippen molar-refractivity contribution in [1.29, 1.82) is 0 Å². The van der Waals surface area contributed by atoms with Crippen LogP contribution in [0.5, 0.6) is 11.5 Å². The molecule has 4 aromatic rings. The Bertz CT molecular complexity index is 1240.